The standard InChI is InChI=1S/C16H29N3O5S3/c1-6-19(16(2,3)4)13-11-18(8-7-9-24-5)27(22,23)15-12(13)10-14(25-15)26(17,20)21/h10,13H,6-9,11H2,1-5H3,(H2,17,20,21)/t13-/m0/s1. The van der Waals surface area contributed by atoms with Gasteiger partial charge < -0.3 is 4.74 Å². The van der Waals surface area contributed by atoms with Crippen molar-refractivity contribution in [2.45, 2.75) is 54.1 Å². The average Bonchev–Trinajstić information content (AvgIpc) is 2.97. The Bertz CT molecular complexity index is 872. The summed E-state index contributed by atoms with van der Waals surface area (Å²) in [5.74, 6) is 0. The van der Waals surface area contributed by atoms with E-state index in [4.69, 9.17) is 9.88 Å². The number of hydrogen-bond donors (Lipinski definition) is 1. The fourth-order valence-corrected chi connectivity index (χ4v) is 7.76. The highest BCUT2D eigenvalue weighted by atomic mass is 32.3. The van der Waals surface area contributed by atoms with Gasteiger partial charge >= 0.3 is 0 Å². The van der Waals surface area contributed by atoms with E-state index in [2.05, 4.69) is 25.7 Å². The Morgan fingerprint density at radius 3 is 2.52 bits per heavy atom. The van der Waals surface area contributed by atoms with Crippen LogP contribution in [0.15, 0.2) is 14.5 Å². The first-order valence-electron chi connectivity index (χ1n) is 8.76. The molecular formula is C16H29N3O5S3. The smallest absolute Gasteiger partial charge is 0.252 e. The minimum Gasteiger partial charge on any atom is -0.385 e. The molecule has 2 N–H and O–H groups in total. The van der Waals surface area contributed by atoms with Crippen LogP contribution in [0.5, 0.6) is 0 Å². The van der Waals surface area contributed by atoms with Crippen LogP contribution in [-0.4, -0.2) is 64.9 Å². The van der Waals surface area contributed by atoms with Gasteiger partial charge in [0.15, 0.2) is 0 Å². The molecule has 27 heavy (non-hydrogen) atoms. The van der Waals surface area contributed by atoms with Crippen molar-refractivity contribution >= 4 is 31.4 Å². The second-order valence-corrected chi connectivity index (χ2v) is 12.5. The number of ether oxygens (including phenoxy) is 1. The molecule has 0 amide bonds. The van der Waals surface area contributed by atoms with Crippen LogP contribution >= 0.6 is 11.3 Å². The second kappa shape index (κ2) is 8.05. The first-order chi connectivity index (χ1) is 12.3. The molecule has 0 aromatic carbocycles. The van der Waals surface area contributed by atoms with Crippen LogP contribution in [0.3, 0.4) is 0 Å². The number of thiophene rings is 1. The summed E-state index contributed by atoms with van der Waals surface area (Å²) in [6.45, 7) is 9.91. The molecule has 0 spiro atoms. The normalized spacial score (nSPS) is 20.8. The van der Waals surface area contributed by atoms with E-state index in [1.807, 2.05) is 6.92 Å². The van der Waals surface area contributed by atoms with Gasteiger partial charge in [0.25, 0.3) is 10.0 Å². The lowest BCUT2D eigenvalue weighted by Gasteiger charge is -2.44. The zero-order valence-electron chi connectivity index (χ0n) is 16.4. The molecule has 1 atom stereocenters. The molecule has 0 unspecified atom stereocenters. The zero-order chi connectivity index (χ0) is 20.6. The van der Waals surface area contributed by atoms with Gasteiger partial charge in [-0.15, -0.1) is 11.3 Å². The van der Waals surface area contributed by atoms with Crippen molar-refractivity contribution in [1.82, 2.24) is 9.21 Å². The summed E-state index contributed by atoms with van der Waals surface area (Å²) in [4.78, 5) is 2.18. The van der Waals surface area contributed by atoms with E-state index in [1.165, 1.54) is 10.4 Å². The molecule has 0 fully saturated rings. The number of rotatable bonds is 7. The van der Waals surface area contributed by atoms with E-state index in [1.54, 1.807) is 7.11 Å². The quantitative estimate of drug-likeness (QED) is 0.646. The first kappa shape index (κ1) is 22.7. The molecular weight excluding hydrogens is 410 g/mol. The molecule has 1 aromatic rings. The third kappa shape index (κ3) is 4.72. The number of primary sulfonamides is 1. The van der Waals surface area contributed by atoms with Crippen LogP contribution in [0.4, 0.5) is 0 Å². The van der Waals surface area contributed by atoms with Gasteiger partial charge in [-0.1, -0.05) is 6.92 Å². The van der Waals surface area contributed by atoms with Crippen molar-refractivity contribution in [3.05, 3.63) is 11.6 Å². The first-order valence-corrected chi connectivity index (χ1v) is 12.6. The molecule has 0 aliphatic carbocycles. The van der Waals surface area contributed by atoms with Gasteiger partial charge in [0, 0.05) is 37.9 Å². The lowest BCUT2D eigenvalue weighted by molar-refractivity contribution is 0.0704. The predicted molar refractivity (Wildman–Crippen MR) is 106 cm³/mol. The Labute approximate surface area is 166 Å². The topological polar surface area (TPSA) is 110 Å². The Hall–Kier alpha value is -0.560. The van der Waals surface area contributed by atoms with Gasteiger partial charge in [0.05, 0.1) is 6.04 Å². The molecule has 8 nitrogen and oxygen atoms in total. The summed E-state index contributed by atoms with van der Waals surface area (Å²) in [6, 6.07) is 1.18. The maximum Gasteiger partial charge on any atom is 0.252 e. The highest BCUT2D eigenvalue weighted by molar-refractivity contribution is 7.94. The average molecular weight is 440 g/mol. The molecule has 1 aliphatic rings. The number of sulfonamides is 2. The third-order valence-electron chi connectivity index (χ3n) is 4.63. The highest BCUT2D eigenvalue weighted by Crippen LogP contribution is 2.43. The van der Waals surface area contributed by atoms with E-state index in [0.717, 1.165) is 11.3 Å². The van der Waals surface area contributed by atoms with Crippen molar-refractivity contribution in [2.75, 3.05) is 33.4 Å². The second-order valence-electron chi connectivity index (χ2n) is 7.54. The van der Waals surface area contributed by atoms with Crippen LogP contribution < -0.4 is 5.14 Å². The Kier molecular flexibility index (Phi) is 6.78. The number of likely N-dealkylation sites (N-methyl/N-ethyl adjacent to an activating group) is 1. The predicted octanol–water partition coefficient (Wildman–Crippen LogP) is 1.60. The Balaban J connectivity index is 2.60. The van der Waals surface area contributed by atoms with Crippen molar-refractivity contribution < 1.29 is 21.6 Å². The highest BCUT2D eigenvalue weighted by Gasteiger charge is 2.43. The zero-order valence-corrected chi connectivity index (χ0v) is 18.9. The number of fused-ring (bicyclic) bond motifs is 1. The van der Waals surface area contributed by atoms with Gasteiger partial charge in [-0.05, 0) is 39.8 Å². The molecule has 0 saturated heterocycles. The summed E-state index contributed by atoms with van der Waals surface area (Å²) in [7, 11) is -6.18. The number of nitrogens with two attached hydrogens (primary N) is 1. The van der Waals surface area contributed by atoms with Crippen molar-refractivity contribution in [1.29, 1.82) is 0 Å². The summed E-state index contributed by atoms with van der Waals surface area (Å²) in [6.07, 6.45) is 0.562. The lowest BCUT2D eigenvalue weighted by Crippen LogP contribution is -2.51. The maximum absolute atomic E-state index is 13.1. The van der Waals surface area contributed by atoms with E-state index in [9.17, 15) is 16.8 Å². The molecule has 0 bridgehead atoms. The van der Waals surface area contributed by atoms with Crippen molar-refractivity contribution in [3.63, 3.8) is 0 Å². The van der Waals surface area contributed by atoms with Crippen molar-refractivity contribution in [2.24, 2.45) is 5.14 Å². The monoisotopic (exact) mass is 439 g/mol. The molecule has 156 valence electrons. The summed E-state index contributed by atoms with van der Waals surface area (Å²) < 4.78 is 56.3. The van der Waals surface area contributed by atoms with Crippen LogP contribution in [0, 0.1) is 0 Å². The molecule has 0 saturated carbocycles. The van der Waals surface area contributed by atoms with Gasteiger partial charge in [-0.2, -0.15) is 4.31 Å². The van der Waals surface area contributed by atoms with Crippen LogP contribution in [0.25, 0.3) is 0 Å². The maximum atomic E-state index is 13.1. The molecule has 11 heteroatoms. The van der Waals surface area contributed by atoms with Crippen molar-refractivity contribution in [3.8, 4) is 0 Å². The Morgan fingerprint density at radius 1 is 1.41 bits per heavy atom. The SMILES string of the molecule is CCN([C@H]1CN(CCCOC)S(=O)(=O)c2sc(S(N)(=O)=O)cc21)C(C)(C)C. The number of methoxy groups -OCH3 is 1. The number of nitrogens with zero attached hydrogens (tertiary/aromatic N) is 2. The van der Waals surface area contributed by atoms with Gasteiger partial charge in [-0.25, -0.2) is 22.0 Å². The summed E-state index contributed by atoms with van der Waals surface area (Å²) in [5.41, 5.74) is 0.295. The molecule has 1 aromatic heterocycles. The van der Waals surface area contributed by atoms with E-state index in [0.29, 0.717) is 31.7 Å². The van der Waals surface area contributed by atoms with E-state index < -0.39 is 20.0 Å². The molecule has 2 rings (SSSR count). The van der Waals surface area contributed by atoms with Crippen LogP contribution in [0.2, 0.25) is 0 Å². The van der Waals surface area contributed by atoms with Crippen LogP contribution in [0.1, 0.15) is 45.7 Å². The largest absolute Gasteiger partial charge is 0.385 e. The fraction of sp³-hybridized carbons (Fsp3) is 0.750. The van der Waals surface area contributed by atoms with Gasteiger partial charge in [-0.3, -0.25) is 4.90 Å². The van der Waals surface area contributed by atoms with Gasteiger partial charge in [0.2, 0.25) is 10.0 Å². The minimum absolute atomic E-state index is 0.0721. The molecule has 1 aliphatic heterocycles. The number of hydrogen-bond acceptors (Lipinski definition) is 7. The lowest BCUT2D eigenvalue weighted by atomic mass is 9.99. The van der Waals surface area contributed by atoms with Gasteiger partial charge in [0.1, 0.15) is 8.42 Å². The Morgan fingerprint density at radius 2 is 2.04 bits per heavy atom. The van der Waals surface area contributed by atoms with Crippen LogP contribution in [-0.2, 0) is 24.8 Å². The molecule has 0 radical (unpaired) electrons. The van der Waals surface area contributed by atoms with E-state index >= 15 is 0 Å². The summed E-state index contributed by atoms with van der Waals surface area (Å²) in [5, 5.41) is 5.27. The minimum atomic E-state index is -3.98. The summed E-state index contributed by atoms with van der Waals surface area (Å²) >= 11 is 0.734. The van der Waals surface area contributed by atoms with E-state index in [-0.39, 0.29) is 26.5 Å². The third-order valence-corrected chi connectivity index (χ3v) is 9.59. The molecule has 2 heterocycles. The fourth-order valence-electron chi connectivity index (χ4n) is 3.47.